The van der Waals surface area contributed by atoms with Gasteiger partial charge in [0.15, 0.2) is 0 Å². The average Bonchev–Trinajstić information content (AvgIpc) is 2.14. The Kier molecular flexibility index (Phi) is 4.12. The fourth-order valence-electron chi connectivity index (χ4n) is 1.12. The normalized spacial score (nSPS) is 11.2. The molecule has 16 heavy (non-hydrogen) atoms. The van der Waals surface area contributed by atoms with Crippen LogP contribution in [-0.2, 0) is 10.0 Å². The third kappa shape index (κ3) is 3.62. The molecule has 4 nitrogen and oxygen atoms in total. The minimum atomic E-state index is -3.66. The van der Waals surface area contributed by atoms with E-state index in [2.05, 4.69) is 22.5 Å². The second-order valence-corrected chi connectivity index (χ2v) is 5.96. The maximum Gasteiger partial charge on any atom is 0.238 e. The molecule has 0 aliphatic carbocycles. The number of hydrogen-bond acceptors (Lipinski definition) is 3. The van der Waals surface area contributed by atoms with E-state index >= 15 is 0 Å². The Morgan fingerprint density at radius 3 is 2.62 bits per heavy atom. The van der Waals surface area contributed by atoms with E-state index < -0.39 is 10.0 Å². The number of rotatable bonds is 4. The lowest BCUT2D eigenvalue weighted by Gasteiger charge is -2.09. The number of aryl methyl sites for hydroxylation is 1. The van der Waals surface area contributed by atoms with Gasteiger partial charge >= 0.3 is 0 Å². The predicted molar refractivity (Wildman–Crippen MR) is 66.1 cm³/mol. The maximum absolute atomic E-state index is 11.1. The summed E-state index contributed by atoms with van der Waals surface area (Å²) in [4.78, 5) is 0.0787. The molecule has 0 heterocycles. The summed E-state index contributed by atoms with van der Waals surface area (Å²) in [5.74, 6) is 0.605. The van der Waals surface area contributed by atoms with Gasteiger partial charge in [-0.15, -0.1) is 0 Å². The van der Waals surface area contributed by atoms with Gasteiger partial charge in [0.25, 0.3) is 0 Å². The molecule has 2 N–H and O–H groups in total. The fourth-order valence-corrected chi connectivity index (χ4v) is 1.83. The molecule has 0 aromatic heterocycles. The Bertz CT molecular complexity index is 511. The molecule has 1 rings (SSSR count). The van der Waals surface area contributed by atoms with Gasteiger partial charge in [-0.3, -0.25) is 0 Å². The van der Waals surface area contributed by atoms with Gasteiger partial charge in [-0.1, -0.05) is 22.5 Å². The predicted octanol–water partition coefficient (Wildman–Crippen LogP) is 1.93. The Labute approximate surface area is 103 Å². The summed E-state index contributed by atoms with van der Waals surface area (Å²) in [5.41, 5.74) is 0.709. The summed E-state index contributed by atoms with van der Waals surface area (Å²) >= 11 is 3.17. The first kappa shape index (κ1) is 13.2. The lowest BCUT2D eigenvalue weighted by Crippen LogP contribution is -2.12. The first-order valence-electron chi connectivity index (χ1n) is 4.40. The van der Waals surface area contributed by atoms with Crippen LogP contribution in [0.3, 0.4) is 0 Å². The molecular weight excluding hydrogens is 294 g/mol. The summed E-state index contributed by atoms with van der Waals surface area (Å²) in [5, 5.41) is 5.01. The molecule has 0 aliphatic rings. The highest BCUT2D eigenvalue weighted by Gasteiger charge is 2.09. The van der Waals surface area contributed by atoms with E-state index in [4.69, 9.17) is 9.88 Å². The Hall–Kier alpha value is -0.850. The third-order valence-electron chi connectivity index (χ3n) is 1.86. The minimum absolute atomic E-state index is 0.0787. The van der Waals surface area contributed by atoms with E-state index in [1.165, 1.54) is 12.1 Å². The summed E-state index contributed by atoms with van der Waals surface area (Å²) in [6.07, 6.45) is 0. The van der Waals surface area contributed by atoms with Gasteiger partial charge in [0, 0.05) is 4.48 Å². The van der Waals surface area contributed by atoms with Crippen molar-refractivity contribution in [3.63, 3.8) is 0 Å². The molecule has 0 saturated heterocycles. The quantitative estimate of drug-likeness (QED) is 0.924. The van der Waals surface area contributed by atoms with E-state index in [9.17, 15) is 8.42 Å². The van der Waals surface area contributed by atoms with E-state index in [0.29, 0.717) is 22.4 Å². The van der Waals surface area contributed by atoms with Crippen LogP contribution in [0.25, 0.3) is 0 Å². The van der Waals surface area contributed by atoms with Gasteiger partial charge in [0.1, 0.15) is 12.4 Å². The summed E-state index contributed by atoms with van der Waals surface area (Å²) in [6.45, 7) is 5.71. The Balaban J connectivity index is 2.96. The fraction of sp³-hybridized carbons (Fsp3) is 0.200. The van der Waals surface area contributed by atoms with Crippen LogP contribution >= 0.6 is 15.9 Å². The zero-order chi connectivity index (χ0) is 12.3. The van der Waals surface area contributed by atoms with Crippen LogP contribution in [0.1, 0.15) is 5.56 Å². The smallest absolute Gasteiger partial charge is 0.238 e. The van der Waals surface area contributed by atoms with E-state index in [0.717, 1.165) is 0 Å². The zero-order valence-electron chi connectivity index (χ0n) is 8.73. The zero-order valence-corrected chi connectivity index (χ0v) is 11.1. The van der Waals surface area contributed by atoms with Gasteiger partial charge in [0.05, 0.1) is 4.90 Å². The number of sulfonamides is 1. The van der Waals surface area contributed by atoms with Crippen molar-refractivity contribution in [3.8, 4) is 5.75 Å². The highest BCUT2D eigenvalue weighted by atomic mass is 79.9. The summed E-state index contributed by atoms with van der Waals surface area (Å²) in [6, 6.07) is 4.46. The van der Waals surface area contributed by atoms with Crippen LogP contribution in [0.2, 0.25) is 0 Å². The van der Waals surface area contributed by atoms with Crippen LogP contribution in [0.4, 0.5) is 0 Å². The third-order valence-corrected chi connectivity index (χ3v) is 3.00. The van der Waals surface area contributed by atoms with Crippen LogP contribution < -0.4 is 9.88 Å². The molecule has 1 aromatic rings. The second-order valence-electron chi connectivity index (χ2n) is 3.28. The van der Waals surface area contributed by atoms with Crippen molar-refractivity contribution in [3.05, 3.63) is 34.8 Å². The van der Waals surface area contributed by atoms with Gasteiger partial charge in [-0.05, 0) is 30.7 Å². The molecule has 0 radical (unpaired) electrons. The molecular formula is C10H12BrNO3S. The lowest BCUT2D eigenvalue weighted by atomic mass is 10.2. The molecule has 1 aromatic carbocycles. The monoisotopic (exact) mass is 305 g/mol. The van der Waals surface area contributed by atoms with Crippen molar-refractivity contribution in [2.75, 3.05) is 6.61 Å². The standard InChI is InChI=1S/C10H12BrNO3S/c1-7-5-9(16(12,13)14)3-4-10(7)15-6-8(2)11/h3-5H,2,6H2,1H3,(H2,12,13,14). The lowest BCUT2D eigenvalue weighted by molar-refractivity contribution is 0.358. The van der Waals surface area contributed by atoms with Crippen molar-refractivity contribution < 1.29 is 13.2 Å². The van der Waals surface area contributed by atoms with Crippen LogP contribution in [0, 0.1) is 6.92 Å². The van der Waals surface area contributed by atoms with E-state index in [1.54, 1.807) is 13.0 Å². The van der Waals surface area contributed by atoms with Crippen molar-refractivity contribution in [2.45, 2.75) is 11.8 Å². The van der Waals surface area contributed by atoms with E-state index in [1.807, 2.05) is 0 Å². The first-order chi connectivity index (χ1) is 7.30. The van der Waals surface area contributed by atoms with Gasteiger partial charge in [-0.2, -0.15) is 0 Å². The number of hydrogen-bond donors (Lipinski definition) is 1. The van der Waals surface area contributed by atoms with Crippen molar-refractivity contribution in [1.29, 1.82) is 0 Å². The highest BCUT2D eigenvalue weighted by Crippen LogP contribution is 2.21. The topological polar surface area (TPSA) is 69.4 Å². The molecule has 0 saturated carbocycles. The van der Waals surface area contributed by atoms with Crippen molar-refractivity contribution in [2.24, 2.45) is 5.14 Å². The molecule has 88 valence electrons. The molecule has 0 unspecified atom stereocenters. The molecule has 0 amide bonds. The summed E-state index contributed by atoms with van der Waals surface area (Å²) < 4.78 is 28.3. The first-order valence-corrected chi connectivity index (χ1v) is 6.74. The van der Waals surface area contributed by atoms with Crippen LogP contribution in [0.15, 0.2) is 34.2 Å². The van der Waals surface area contributed by atoms with E-state index in [-0.39, 0.29) is 4.90 Å². The van der Waals surface area contributed by atoms with Gasteiger partial charge in [-0.25, -0.2) is 13.6 Å². The second kappa shape index (κ2) is 4.99. The molecule has 0 atom stereocenters. The molecule has 0 fully saturated rings. The highest BCUT2D eigenvalue weighted by molar-refractivity contribution is 9.11. The Morgan fingerprint density at radius 2 is 2.19 bits per heavy atom. The number of benzene rings is 1. The molecule has 0 aliphatic heterocycles. The number of primary sulfonamides is 1. The van der Waals surface area contributed by atoms with Crippen molar-refractivity contribution >= 4 is 26.0 Å². The number of halogens is 1. The Morgan fingerprint density at radius 1 is 1.56 bits per heavy atom. The number of ether oxygens (including phenoxy) is 1. The van der Waals surface area contributed by atoms with Crippen LogP contribution in [-0.4, -0.2) is 15.0 Å². The molecule has 0 bridgehead atoms. The molecule has 0 spiro atoms. The minimum Gasteiger partial charge on any atom is -0.488 e. The van der Waals surface area contributed by atoms with Crippen LogP contribution in [0.5, 0.6) is 5.75 Å². The SMILES string of the molecule is C=C(Br)COc1ccc(S(N)(=O)=O)cc1C. The largest absolute Gasteiger partial charge is 0.488 e. The number of nitrogens with two attached hydrogens (primary N) is 1. The summed E-state index contributed by atoms with van der Waals surface area (Å²) in [7, 11) is -3.66. The maximum atomic E-state index is 11.1. The van der Waals surface area contributed by atoms with Gasteiger partial charge < -0.3 is 4.74 Å². The average molecular weight is 306 g/mol. The van der Waals surface area contributed by atoms with Crippen molar-refractivity contribution in [1.82, 2.24) is 0 Å². The molecule has 6 heteroatoms. The van der Waals surface area contributed by atoms with Gasteiger partial charge in [0.2, 0.25) is 10.0 Å².